The molecule has 0 saturated carbocycles. The molecule has 1 aliphatic carbocycles. The summed E-state index contributed by atoms with van der Waals surface area (Å²) in [7, 11) is 0. The van der Waals surface area contributed by atoms with Gasteiger partial charge in [-0.05, 0) is 37.5 Å². The zero-order chi connectivity index (χ0) is 11.4. The molecule has 1 fully saturated rings. The Morgan fingerprint density at radius 2 is 2.31 bits per heavy atom. The summed E-state index contributed by atoms with van der Waals surface area (Å²) in [6.45, 7) is 1.99. The molecule has 0 spiro atoms. The Morgan fingerprint density at radius 1 is 1.44 bits per heavy atom. The Hall–Kier alpha value is -0.830. The minimum Gasteiger partial charge on any atom is -0.396 e. The number of likely N-dealkylation sites (tertiary alicyclic amines) is 1. The standard InChI is InChI=1S/C13H21NO2/c15-8-6-12-5-7-14(10-12)13(16)9-11-3-1-2-4-11/h1,3,11-12,15H,2,4-10H2. The lowest BCUT2D eigenvalue weighted by molar-refractivity contribution is -0.131. The molecule has 0 aromatic rings. The van der Waals surface area contributed by atoms with Gasteiger partial charge in [-0.3, -0.25) is 4.79 Å². The normalized spacial score (nSPS) is 28.9. The van der Waals surface area contributed by atoms with Crippen molar-refractivity contribution in [2.75, 3.05) is 19.7 Å². The maximum Gasteiger partial charge on any atom is 0.223 e. The second-order valence-corrected chi connectivity index (χ2v) is 4.98. The summed E-state index contributed by atoms with van der Waals surface area (Å²) in [4.78, 5) is 14.0. The first kappa shape index (κ1) is 11.6. The summed E-state index contributed by atoms with van der Waals surface area (Å²) in [5.74, 6) is 1.30. The summed E-state index contributed by atoms with van der Waals surface area (Å²) >= 11 is 0. The van der Waals surface area contributed by atoms with E-state index in [1.54, 1.807) is 0 Å². The minimum absolute atomic E-state index is 0.248. The fraction of sp³-hybridized carbons (Fsp3) is 0.769. The molecule has 1 heterocycles. The van der Waals surface area contributed by atoms with Crippen LogP contribution in [0.2, 0.25) is 0 Å². The number of hydrogen-bond donors (Lipinski definition) is 1. The number of aliphatic hydroxyl groups excluding tert-OH is 1. The molecule has 2 aliphatic rings. The number of hydrogen-bond acceptors (Lipinski definition) is 2. The molecule has 1 N–H and O–H groups in total. The molecule has 1 aliphatic heterocycles. The molecule has 0 aromatic carbocycles. The maximum absolute atomic E-state index is 12.0. The Morgan fingerprint density at radius 3 is 3.00 bits per heavy atom. The van der Waals surface area contributed by atoms with Gasteiger partial charge in [-0.2, -0.15) is 0 Å². The third kappa shape index (κ3) is 2.85. The first-order valence-corrected chi connectivity index (χ1v) is 6.35. The van der Waals surface area contributed by atoms with Crippen LogP contribution in [0.3, 0.4) is 0 Å². The van der Waals surface area contributed by atoms with Crippen molar-refractivity contribution in [2.45, 2.75) is 32.1 Å². The summed E-state index contributed by atoms with van der Waals surface area (Å²) in [6, 6.07) is 0. The van der Waals surface area contributed by atoms with Gasteiger partial charge >= 0.3 is 0 Å². The molecule has 2 unspecified atom stereocenters. The number of rotatable bonds is 4. The highest BCUT2D eigenvalue weighted by Gasteiger charge is 2.27. The second-order valence-electron chi connectivity index (χ2n) is 4.98. The monoisotopic (exact) mass is 223 g/mol. The van der Waals surface area contributed by atoms with Crippen LogP contribution in [0.1, 0.15) is 32.1 Å². The fourth-order valence-electron chi connectivity index (χ4n) is 2.70. The van der Waals surface area contributed by atoms with Crippen LogP contribution in [0.25, 0.3) is 0 Å². The highest BCUT2D eigenvalue weighted by Crippen LogP contribution is 2.24. The lowest BCUT2D eigenvalue weighted by Crippen LogP contribution is -2.29. The number of carbonyl (C=O) groups is 1. The van der Waals surface area contributed by atoms with Crippen LogP contribution in [0.4, 0.5) is 0 Å². The quantitative estimate of drug-likeness (QED) is 0.735. The van der Waals surface area contributed by atoms with Crippen molar-refractivity contribution >= 4 is 5.91 Å². The predicted molar refractivity (Wildman–Crippen MR) is 62.9 cm³/mol. The van der Waals surface area contributed by atoms with Gasteiger partial charge in [0, 0.05) is 26.1 Å². The number of carbonyl (C=O) groups excluding carboxylic acids is 1. The Kier molecular flexibility index (Phi) is 3.99. The number of nitrogens with zero attached hydrogens (tertiary/aromatic N) is 1. The van der Waals surface area contributed by atoms with E-state index in [1.165, 1.54) is 0 Å². The largest absolute Gasteiger partial charge is 0.396 e. The van der Waals surface area contributed by atoms with Crippen LogP contribution in [-0.2, 0) is 4.79 Å². The van der Waals surface area contributed by atoms with Gasteiger partial charge in [0.2, 0.25) is 5.91 Å². The molecular weight excluding hydrogens is 202 g/mol. The molecule has 3 heteroatoms. The maximum atomic E-state index is 12.0. The molecule has 1 amide bonds. The van der Waals surface area contributed by atoms with Crippen LogP contribution >= 0.6 is 0 Å². The van der Waals surface area contributed by atoms with Gasteiger partial charge in [0.05, 0.1) is 0 Å². The second kappa shape index (κ2) is 5.48. The van der Waals surface area contributed by atoms with Gasteiger partial charge in [-0.25, -0.2) is 0 Å². The third-order valence-electron chi connectivity index (χ3n) is 3.73. The van der Waals surface area contributed by atoms with Crippen molar-refractivity contribution < 1.29 is 9.90 Å². The van der Waals surface area contributed by atoms with E-state index < -0.39 is 0 Å². The number of amides is 1. The van der Waals surface area contributed by atoms with Gasteiger partial charge in [0.1, 0.15) is 0 Å². The van der Waals surface area contributed by atoms with Crippen molar-refractivity contribution in [3.8, 4) is 0 Å². The highest BCUT2D eigenvalue weighted by molar-refractivity contribution is 5.77. The van der Waals surface area contributed by atoms with Crippen molar-refractivity contribution in [1.29, 1.82) is 0 Å². The van der Waals surface area contributed by atoms with E-state index in [0.717, 1.165) is 38.8 Å². The summed E-state index contributed by atoms with van der Waals surface area (Å²) in [5, 5.41) is 8.87. The van der Waals surface area contributed by atoms with E-state index in [0.29, 0.717) is 24.2 Å². The van der Waals surface area contributed by atoms with Crippen molar-refractivity contribution in [1.82, 2.24) is 4.90 Å². The Labute approximate surface area is 97.1 Å². The Balaban J connectivity index is 1.75. The molecule has 90 valence electrons. The smallest absolute Gasteiger partial charge is 0.223 e. The Bertz CT molecular complexity index is 275. The van der Waals surface area contributed by atoms with Gasteiger partial charge in [0.15, 0.2) is 0 Å². The van der Waals surface area contributed by atoms with Crippen LogP contribution < -0.4 is 0 Å². The summed E-state index contributed by atoms with van der Waals surface area (Å²) < 4.78 is 0. The molecule has 0 aromatic heterocycles. The molecule has 2 rings (SSSR count). The summed E-state index contributed by atoms with van der Waals surface area (Å²) in [6.07, 6.45) is 9.21. The molecule has 1 saturated heterocycles. The van der Waals surface area contributed by atoms with E-state index >= 15 is 0 Å². The topological polar surface area (TPSA) is 40.5 Å². The SMILES string of the molecule is O=C(CC1C=CCC1)N1CCC(CCO)C1. The van der Waals surface area contributed by atoms with E-state index in [4.69, 9.17) is 5.11 Å². The van der Waals surface area contributed by atoms with Crippen LogP contribution in [0.15, 0.2) is 12.2 Å². The molecule has 16 heavy (non-hydrogen) atoms. The number of aliphatic hydroxyl groups is 1. The van der Waals surface area contributed by atoms with Gasteiger partial charge in [0.25, 0.3) is 0 Å². The van der Waals surface area contributed by atoms with E-state index in [1.807, 2.05) is 4.90 Å². The van der Waals surface area contributed by atoms with E-state index in [2.05, 4.69) is 12.2 Å². The minimum atomic E-state index is 0.248. The zero-order valence-corrected chi connectivity index (χ0v) is 9.77. The first-order valence-electron chi connectivity index (χ1n) is 6.35. The van der Waals surface area contributed by atoms with Crippen molar-refractivity contribution in [2.24, 2.45) is 11.8 Å². The lowest BCUT2D eigenvalue weighted by Gasteiger charge is -2.18. The molecule has 0 radical (unpaired) electrons. The zero-order valence-electron chi connectivity index (χ0n) is 9.77. The lowest BCUT2D eigenvalue weighted by atomic mass is 10.0. The molecule has 0 bridgehead atoms. The molecule has 3 nitrogen and oxygen atoms in total. The average Bonchev–Trinajstić information content (AvgIpc) is 2.89. The van der Waals surface area contributed by atoms with Crippen LogP contribution in [-0.4, -0.2) is 35.6 Å². The van der Waals surface area contributed by atoms with E-state index in [9.17, 15) is 4.79 Å². The van der Waals surface area contributed by atoms with Crippen molar-refractivity contribution in [3.63, 3.8) is 0 Å². The number of allylic oxidation sites excluding steroid dienone is 2. The van der Waals surface area contributed by atoms with Crippen molar-refractivity contribution in [3.05, 3.63) is 12.2 Å². The van der Waals surface area contributed by atoms with Crippen LogP contribution in [0.5, 0.6) is 0 Å². The van der Waals surface area contributed by atoms with Gasteiger partial charge in [-0.1, -0.05) is 12.2 Å². The molecular formula is C13H21NO2. The molecule has 2 atom stereocenters. The van der Waals surface area contributed by atoms with E-state index in [-0.39, 0.29) is 6.61 Å². The third-order valence-corrected chi connectivity index (χ3v) is 3.73. The van der Waals surface area contributed by atoms with Gasteiger partial charge < -0.3 is 10.0 Å². The first-order chi connectivity index (χ1) is 7.79. The summed E-state index contributed by atoms with van der Waals surface area (Å²) in [5.41, 5.74) is 0. The van der Waals surface area contributed by atoms with Crippen LogP contribution in [0, 0.1) is 11.8 Å². The average molecular weight is 223 g/mol. The highest BCUT2D eigenvalue weighted by atomic mass is 16.3. The van der Waals surface area contributed by atoms with Gasteiger partial charge in [-0.15, -0.1) is 0 Å². The fourth-order valence-corrected chi connectivity index (χ4v) is 2.70. The predicted octanol–water partition coefficient (Wildman–Crippen LogP) is 1.57.